The Labute approximate surface area is 112 Å². The molecule has 0 radical (unpaired) electrons. The normalized spacial score (nSPS) is 13.6. The zero-order valence-corrected chi connectivity index (χ0v) is 11.1. The van der Waals surface area contributed by atoms with Crippen LogP contribution in [0.5, 0.6) is 5.75 Å². The van der Waals surface area contributed by atoms with E-state index in [0.717, 1.165) is 5.56 Å². The number of phenolic OH excluding ortho intramolecular Hbond substituents is 1. The molecule has 1 rings (SSSR count). The zero-order chi connectivity index (χ0) is 14.4. The van der Waals surface area contributed by atoms with E-state index in [1.54, 1.807) is 25.1 Å². The van der Waals surface area contributed by atoms with Gasteiger partial charge in [-0.15, -0.1) is 0 Å². The standard InChI is InChI=1S/C14H19NO4/c1-9(7-14(18)19)6-13(17)15-10(2)11-4-3-5-12(16)8-11/h3-5,8-10,16H,6-7H2,1-2H3,(H,15,17)(H,18,19). The Hall–Kier alpha value is -2.04. The summed E-state index contributed by atoms with van der Waals surface area (Å²) in [6, 6.07) is 6.45. The first-order valence-corrected chi connectivity index (χ1v) is 6.18. The Morgan fingerprint density at radius 1 is 1.26 bits per heavy atom. The summed E-state index contributed by atoms with van der Waals surface area (Å²) < 4.78 is 0. The lowest BCUT2D eigenvalue weighted by atomic mass is 10.0. The van der Waals surface area contributed by atoms with Gasteiger partial charge in [0.1, 0.15) is 5.75 Å². The number of benzene rings is 1. The van der Waals surface area contributed by atoms with Crippen LogP contribution in [0.25, 0.3) is 0 Å². The van der Waals surface area contributed by atoms with Crippen molar-refractivity contribution in [2.45, 2.75) is 32.7 Å². The van der Waals surface area contributed by atoms with Crippen molar-refractivity contribution in [1.82, 2.24) is 5.32 Å². The van der Waals surface area contributed by atoms with Crippen molar-refractivity contribution in [3.63, 3.8) is 0 Å². The third-order valence-electron chi connectivity index (χ3n) is 2.80. The Morgan fingerprint density at radius 2 is 1.95 bits per heavy atom. The number of carbonyl (C=O) groups is 2. The number of carbonyl (C=O) groups excluding carboxylic acids is 1. The molecule has 0 fully saturated rings. The third kappa shape index (κ3) is 5.42. The van der Waals surface area contributed by atoms with Crippen molar-refractivity contribution >= 4 is 11.9 Å². The average Bonchev–Trinajstić information content (AvgIpc) is 2.27. The summed E-state index contributed by atoms with van der Waals surface area (Å²) in [6.45, 7) is 3.54. The molecular weight excluding hydrogens is 246 g/mol. The molecule has 0 heterocycles. The monoisotopic (exact) mass is 265 g/mol. The third-order valence-corrected chi connectivity index (χ3v) is 2.80. The molecular formula is C14H19NO4. The van der Waals surface area contributed by atoms with Crippen molar-refractivity contribution in [3.05, 3.63) is 29.8 Å². The second kappa shape index (κ2) is 6.78. The highest BCUT2D eigenvalue weighted by Gasteiger charge is 2.15. The summed E-state index contributed by atoms with van der Waals surface area (Å²) in [6.07, 6.45) is 0.156. The van der Waals surface area contributed by atoms with Crippen LogP contribution in [0.4, 0.5) is 0 Å². The molecule has 0 spiro atoms. The fraction of sp³-hybridized carbons (Fsp3) is 0.429. The van der Waals surface area contributed by atoms with Crippen LogP contribution < -0.4 is 5.32 Å². The van der Waals surface area contributed by atoms with E-state index in [9.17, 15) is 14.7 Å². The largest absolute Gasteiger partial charge is 0.508 e. The van der Waals surface area contributed by atoms with Crippen molar-refractivity contribution in [1.29, 1.82) is 0 Å². The van der Waals surface area contributed by atoms with Crippen LogP contribution in [0.3, 0.4) is 0 Å². The first kappa shape index (κ1) is 15.0. The van der Waals surface area contributed by atoms with Crippen molar-refractivity contribution < 1.29 is 19.8 Å². The molecule has 0 aliphatic carbocycles. The smallest absolute Gasteiger partial charge is 0.303 e. The number of hydrogen-bond donors (Lipinski definition) is 3. The van der Waals surface area contributed by atoms with E-state index in [4.69, 9.17) is 5.11 Å². The molecule has 1 amide bonds. The van der Waals surface area contributed by atoms with Gasteiger partial charge in [0, 0.05) is 12.8 Å². The Balaban J connectivity index is 2.50. The molecule has 0 saturated heterocycles. The molecule has 19 heavy (non-hydrogen) atoms. The average molecular weight is 265 g/mol. The number of amides is 1. The fourth-order valence-electron chi connectivity index (χ4n) is 1.86. The molecule has 1 aromatic carbocycles. The highest BCUT2D eigenvalue weighted by atomic mass is 16.4. The summed E-state index contributed by atoms with van der Waals surface area (Å²) >= 11 is 0. The number of hydrogen-bond acceptors (Lipinski definition) is 3. The van der Waals surface area contributed by atoms with Gasteiger partial charge in [0.25, 0.3) is 0 Å². The van der Waals surface area contributed by atoms with Crippen molar-refractivity contribution in [2.75, 3.05) is 0 Å². The number of aromatic hydroxyl groups is 1. The van der Waals surface area contributed by atoms with Crippen LogP contribution in [0.1, 0.15) is 38.3 Å². The first-order valence-electron chi connectivity index (χ1n) is 6.18. The van der Waals surface area contributed by atoms with Crippen LogP contribution in [-0.4, -0.2) is 22.1 Å². The van der Waals surface area contributed by atoms with Gasteiger partial charge >= 0.3 is 5.97 Å². The highest BCUT2D eigenvalue weighted by molar-refractivity contribution is 5.77. The van der Waals surface area contributed by atoms with E-state index in [0.29, 0.717) is 0 Å². The number of carboxylic acids is 1. The number of rotatable bonds is 6. The SMILES string of the molecule is CC(CC(=O)O)CC(=O)NC(C)c1cccc(O)c1. The summed E-state index contributed by atoms with van der Waals surface area (Å²) in [5.74, 6) is -1.14. The summed E-state index contributed by atoms with van der Waals surface area (Å²) in [4.78, 5) is 22.2. The van der Waals surface area contributed by atoms with Gasteiger partial charge in [-0.1, -0.05) is 19.1 Å². The molecule has 0 aliphatic heterocycles. The first-order chi connectivity index (χ1) is 8.88. The second-order valence-corrected chi connectivity index (χ2v) is 4.79. The summed E-state index contributed by atoms with van der Waals surface area (Å²) in [7, 11) is 0. The molecule has 2 atom stereocenters. The predicted octanol–water partition coefficient (Wildman–Crippen LogP) is 2.07. The van der Waals surface area contributed by atoms with E-state index in [1.807, 2.05) is 13.0 Å². The van der Waals surface area contributed by atoms with Gasteiger partial charge in [-0.05, 0) is 30.5 Å². The van der Waals surface area contributed by atoms with Gasteiger partial charge in [0.15, 0.2) is 0 Å². The van der Waals surface area contributed by atoms with Crippen LogP contribution in [0.15, 0.2) is 24.3 Å². The molecule has 2 unspecified atom stereocenters. The molecule has 0 bridgehead atoms. The molecule has 0 aliphatic rings. The Kier molecular flexibility index (Phi) is 5.36. The number of carboxylic acid groups (broad SMARTS) is 1. The lowest BCUT2D eigenvalue weighted by Crippen LogP contribution is -2.28. The van der Waals surface area contributed by atoms with Crippen LogP contribution >= 0.6 is 0 Å². The number of phenols is 1. The number of aliphatic carboxylic acids is 1. The van der Waals surface area contributed by atoms with Crippen LogP contribution in [0.2, 0.25) is 0 Å². The van der Waals surface area contributed by atoms with Gasteiger partial charge in [-0.3, -0.25) is 9.59 Å². The van der Waals surface area contributed by atoms with E-state index in [2.05, 4.69) is 5.32 Å². The lowest BCUT2D eigenvalue weighted by Gasteiger charge is -2.16. The summed E-state index contributed by atoms with van der Waals surface area (Å²) in [5, 5.41) is 20.8. The minimum Gasteiger partial charge on any atom is -0.508 e. The van der Waals surface area contributed by atoms with E-state index < -0.39 is 5.97 Å². The Morgan fingerprint density at radius 3 is 2.53 bits per heavy atom. The quantitative estimate of drug-likeness (QED) is 0.735. The molecule has 3 N–H and O–H groups in total. The van der Waals surface area contributed by atoms with E-state index in [-0.39, 0.29) is 36.5 Å². The van der Waals surface area contributed by atoms with Gasteiger partial charge in [-0.2, -0.15) is 0 Å². The maximum atomic E-state index is 11.7. The van der Waals surface area contributed by atoms with Crippen LogP contribution in [-0.2, 0) is 9.59 Å². The molecule has 0 aromatic heterocycles. The lowest BCUT2D eigenvalue weighted by molar-refractivity contribution is -0.138. The molecule has 0 saturated carbocycles. The molecule has 104 valence electrons. The highest BCUT2D eigenvalue weighted by Crippen LogP contribution is 2.18. The van der Waals surface area contributed by atoms with Gasteiger partial charge in [0.05, 0.1) is 6.04 Å². The minimum absolute atomic E-state index is 0.0199. The van der Waals surface area contributed by atoms with E-state index in [1.165, 1.54) is 0 Å². The predicted molar refractivity (Wildman–Crippen MR) is 70.7 cm³/mol. The number of nitrogens with one attached hydrogen (secondary N) is 1. The topological polar surface area (TPSA) is 86.6 Å². The van der Waals surface area contributed by atoms with Gasteiger partial charge in [-0.25, -0.2) is 0 Å². The Bertz CT molecular complexity index is 459. The second-order valence-electron chi connectivity index (χ2n) is 4.79. The van der Waals surface area contributed by atoms with Crippen molar-refractivity contribution in [3.8, 4) is 5.75 Å². The molecule has 5 nitrogen and oxygen atoms in total. The van der Waals surface area contributed by atoms with Crippen LogP contribution in [0, 0.1) is 5.92 Å². The minimum atomic E-state index is -0.902. The van der Waals surface area contributed by atoms with Gasteiger partial charge < -0.3 is 15.5 Å². The van der Waals surface area contributed by atoms with Gasteiger partial charge in [0.2, 0.25) is 5.91 Å². The van der Waals surface area contributed by atoms with E-state index >= 15 is 0 Å². The maximum Gasteiger partial charge on any atom is 0.303 e. The fourth-order valence-corrected chi connectivity index (χ4v) is 1.86. The summed E-state index contributed by atoms with van der Waals surface area (Å²) in [5.41, 5.74) is 0.805. The molecule has 5 heteroatoms. The maximum absolute atomic E-state index is 11.7. The zero-order valence-electron chi connectivity index (χ0n) is 11.1. The molecule has 1 aromatic rings. The van der Waals surface area contributed by atoms with Crippen molar-refractivity contribution in [2.24, 2.45) is 5.92 Å².